The Morgan fingerprint density at radius 2 is 1.06 bits per heavy atom. The summed E-state index contributed by atoms with van der Waals surface area (Å²) in [5.41, 5.74) is 19.9. The molecule has 1 aliphatic carbocycles. The van der Waals surface area contributed by atoms with Crippen molar-refractivity contribution in [2.75, 3.05) is 4.90 Å². The van der Waals surface area contributed by atoms with Gasteiger partial charge in [-0.25, -0.2) is 0 Å². The maximum Gasteiger partial charge on any atom is 0.143 e. The topological polar surface area (TPSA) is 16.4 Å². The normalized spacial score (nSPS) is 12.7. The monoisotopic (exact) mass is 883 g/mol. The van der Waals surface area contributed by atoms with Gasteiger partial charge >= 0.3 is 0 Å². The summed E-state index contributed by atoms with van der Waals surface area (Å²) in [6.07, 6.45) is 9.35. The van der Waals surface area contributed by atoms with E-state index in [1.165, 1.54) is 33.4 Å². The molecule has 0 spiro atoms. The van der Waals surface area contributed by atoms with Crippen LogP contribution in [0.5, 0.6) is 0 Å². The lowest BCUT2D eigenvalue weighted by molar-refractivity contribution is 0.670. The zero-order valence-corrected chi connectivity index (χ0v) is 38.4. The van der Waals surface area contributed by atoms with Crippen molar-refractivity contribution in [3.05, 3.63) is 314 Å². The van der Waals surface area contributed by atoms with Gasteiger partial charge in [0.15, 0.2) is 0 Å². The van der Waals surface area contributed by atoms with Crippen LogP contribution in [0.3, 0.4) is 0 Å². The lowest BCUT2D eigenvalue weighted by atomic mass is 9.68. The molecular formula is C67H49NO. The first-order valence-corrected chi connectivity index (χ1v) is 23.4. The summed E-state index contributed by atoms with van der Waals surface area (Å²) in [4.78, 5) is 2.36. The van der Waals surface area contributed by atoms with Gasteiger partial charge < -0.3 is 9.32 Å². The number of furan rings is 1. The minimum atomic E-state index is -0.493. The molecule has 328 valence electrons. The van der Waals surface area contributed by atoms with Gasteiger partial charge in [-0.2, -0.15) is 0 Å². The fourth-order valence-electron chi connectivity index (χ4n) is 10.4. The van der Waals surface area contributed by atoms with E-state index in [2.05, 4.69) is 244 Å². The lowest BCUT2D eigenvalue weighted by Crippen LogP contribution is -2.28. The highest BCUT2D eigenvalue weighted by atomic mass is 16.3. The van der Waals surface area contributed by atoms with Crippen molar-refractivity contribution in [2.45, 2.75) is 5.41 Å². The van der Waals surface area contributed by atoms with E-state index in [-0.39, 0.29) is 0 Å². The summed E-state index contributed by atoms with van der Waals surface area (Å²) in [6, 6.07) is 78.8. The Labute approximate surface area is 404 Å². The molecule has 0 fully saturated rings. The average molecular weight is 884 g/mol. The Bertz CT molecular complexity index is 3610. The maximum absolute atomic E-state index is 6.54. The summed E-state index contributed by atoms with van der Waals surface area (Å²) in [7, 11) is 0. The number of nitrogens with zero attached hydrogens (tertiary/aromatic N) is 1. The van der Waals surface area contributed by atoms with Crippen LogP contribution in [0.4, 0.5) is 17.1 Å². The van der Waals surface area contributed by atoms with Crippen LogP contribution in [0.25, 0.3) is 60.9 Å². The van der Waals surface area contributed by atoms with Gasteiger partial charge in [0.25, 0.3) is 0 Å². The third kappa shape index (κ3) is 7.40. The summed E-state index contributed by atoms with van der Waals surface area (Å²) in [5, 5.41) is 2.20. The van der Waals surface area contributed by atoms with Crippen LogP contribution in [0.2, 0.25) is 0 Å². The Kier molecular flexibility index (Phi) is 11.1. The summed E-state index contributed by atoms with van der Waals surface area (Å²) >= 11 is 0. The predicted octanol–water partition coefficient (Wildman–Crippen LogP) is 18.2. The molecule has 0 bridgehead atoms. The highest BCUT2D eigenvalue weighted by Gasteiger charge is 2.46. The largest absolute Gasteiger partial charge is 0.455 e. The molecule has 10 aromatic rings. The fraction of sp³-hybridized carbons (Fsp3) is 0.0149. The van der Waals surface area contributed by atoms with Crippen LogP contribution in [0, 0.1) is 0 Å². The highest BCUT2D eigenvalue weighted by molar-refractivity contribution is 6.10. The summed E-state index contributed by atoms with van der Waals surface area (Å²) < 4.78 is 6.54. The van der Waals surface area contributed by atoms with Gasteiger partial charge in [0.05, 0.1) is 5.41 Å². The number of rotatable bonds is 13. The smallest absolute Gasteiger partial charge is 0.143 e. The maximum atomic E-state index is 6.54. The number of fused-ring (bicyclic) bond motifs is 6. The van der Waals surface area contributed by atoms with Gasteiger partial charge in [0.1, 0.15) is 11.2 Å². The summed E-state index contributed by atoms with van der Waals surface area (Å²) in [5.74, 6) is 0. The molecule has 1 heterocycles. The van der Waals surface area contributed by atoms with E-state index in [1.54, 1.807) is 12.2 Å². The van der Waals surface area contributed by atoms with E-state index >= 15 is 0 Å². The van der Waals surface area contributed by atoms with Crippen molar-refractivity contribution in [2.24, 2.45) is 0 Å². The number of para-hydroxylation sites is 1. The van der Waals surface area contributed by atoms with Crippen molar-refractivity contribution in [3.63, 3.8) is 0 Å². The van der Waals surface area contributed by atoms with Crippen molar-refractivity contribution >= 4 is 44.6 Å². The van der Waals surface area contributed by atoms with Crippen molar-refractivity contribution in [1.29, 1.82) is 0 Å². The molecule has 0 amide bonds. The number of allylic oxidation sites excluding steroid dienone is 8. The average Bonchev–Trinajstić information content (AvgIpc) is 3.94. The number of benzene rings is 9. The molecule has 0 radical (unpaired) electrons. The molecule has 0 N–H and O–H groups in total. The molecule has 0 atom stereocenters. The third-order valence-electron chi connectivity index (χ3n) is 13.6. The third-order valence-corrected chi connectivity index (χ3v) is 13.6. The van der Waals surface area contributed by atoms with E-state index in [1.807, 2.05) is 24.3 Å². The van der Waals surface area contributed by atoms with Crippen LogP contribution in [0.15, 0.2) is 291 Å². The van der Waals surface area contributed by atoms with Crippen LogP contribution < -0.4 is 4.90 Å². The molecule has 9 aromatic carbocycles. The van der Waals surface area contributed by atoms with E-state index in [4.69, 9.17) is 4.42 Å². The first kappa shape index (κ1) is 42.6. The minimum absolute atomic E-state index is 0.493. The molecule has 69 heavy (non-hydrogen) atoms. The molecular weight excluding hydrogens is 835 g/mol. The molecule has 0 unspecified atom stereocenters. The van der Waals surface area contributed by atoms with Gasteiger partial charge in [0.2, 0.25) is 0 Å². The second kappa shape index (κ2) is 18.0. The van der Waals surface area contributed by atoms with Crippen LogP contribution in [-0.2, 0) is 5.41 Å². The van der Waals surface area contributed by atoms with Gasteiger partial charge in [-0.1, -0.05) is 227 Å². The Morgan fingerprint density at radius 1 is 0.464 bits per heavy atom. The van der Waals surface area contributed by atoms with Gasteiger partial charge in [0, 0.05) is 33.4 Å². The molecule has 0 saturated heterocycles. The minimum Gasteiger partial charge on any atom is -0.455 e. The Hall–Kier alpha value is -8.98. The van der Waals surface area contributed by atoms with E-state index in [0.29, 0.717) is 0 Å². The lowest BCUT2D eigenvalue weighted by Gasteiger charge is -2.34. The zero-order chi connectivity index (χ0) is 46.9. The molecule has 1 aromatic heterocycles. The molecule has 1 aliphatic rings. The first-order chi connectivity index (χ1) is 34.0. The van der Waals surface area contributed by atoms with Gasteiger partial charge in [-0.05, 0) is 121 Å². The zero-order valence-electron chi connectivity index (χ0n) is 38.4. The van der Waals surface area contributed by atoms with E-state index < -0.39 is 5.41 Å². The molecule has 2 nitrogen and oxygen atoms in total. The SMILES string of the molecule is C=C/C=C\C(=C)C(=C)/C(=C\C=C)c1ccc(N(c2ccc(-c3ccc4oc5c(-c6ccccc6)cccc5c4c3)cc2)c2ccc3c(c2)-c2ccccc2C3(c2ccccc2)c2ccccc2)cc1. The van der Waals surface area contributed by atoms with E-state index in [0.717, 1.165) is 83.5 Å². The number of hydrogen-bond acceptors (Lipinski definition) is 2. The first-order valence-electron chi connectivity index (χ1n) is 23.4. The Morgan fingerprint density at radius 3 is 1.74 bits per heavy atom. The van der Waals surface area contributed by atoms with Crippen LogP contribution in [0.1, 0.15) is 27.8 Å². The predicted molar refractivity (Wildman–Crippen MR) is 292 cm³/mol. The molecule has 11 rings (SSSR count). The second-order valence-electron chi connectivity index (χ2n) is 17.5. The summed E-state index contributed by atoms with van der Waals surface area (Å²) in [6.45, 7) is 16.6. The Balaban J connectivity index is 1.04. The van der Waals surface area contributed by atoms with Crippen molar-refractivity contribution < 1.29 is 4.42 Å². The molecule has 2 heteroatoms. The molecule has 0 aliphatic heterocycles. The van der Waals surface area contributed by atoms with Crippen molar-refractivity contribution in [3.8, 4) is 33.4 Å². The van der Waals surface area contributed by atoms with Crippen LogP contribution >= 0.6 is 0 Å². The number of hydrogen-bond donors (Lipinski definition) is 0. The fourth-order valence-corrected chi connectivity index (χ4v) is 10.4. The quantitative estimate of drug-likeness (QED) is 0.107. The van der Waals surface area contributed by atoms with Crippen LogP contribution in [-0.4, -0.2) is 0 Å². The van der Waals surface area contributed by atoms with E-state index in [9.17, 15) is 0 Å². The van der Waals surface area contributed by atoms with Gasteiger partial charge in [-0.3, -0.25) is 0 Å². The van der Waals surface area contributed by atoms with Crippen molar-refractivity contribution in [1.82, 2.24) is 0 Å². The standard InChI is InChI=1S/C67H49NO/c1-5-7-21-46(3)47(4)57(20-6-2)50-34-39-55(40-35-50)68(54-37-32-48(33-38-54)51-36-43-65-62(44-51)60-30-19-29-58(66(60)69-65)49-22-11-8-12-23-49)56-41-42-64-61(45-56)59-28-17-18-31-63(59)67(64,52-24-13-9-14-25-52)53-26-15-10-16-27-53/h5-45H,1-4H2/b21-7-,57-20+. The second-order valence-corrected chi connectivity index (χ2v) is 17.5. The number of anilines is 3. The highest BCUT2D eigenvalue weighted by Crippen LogP contribution is 2.57. The molecule has 0 saturated carbocycles. The van der Waals surface area contributed by atoms with Gasteiger partial charge in [-0.15, -0.1) is 0 Å².